The Labute approximate surface area is 218 Å². The van der Waals surface area contributed by atoms with Crippen LogP contribution in [0.5, 0.6) is 0 Å². The van der Waals surface area contributed by atoms with Gasteiger partial charge >= 0.3 is 11.9 Å². The molecule has 38 heavy (non-hydrogen) atoms. The van der Waals surface area contributed by atoms with Crippen molar-refractivity contribution in [1.29, 1.82) is 0 Å². The molecular weight excluding hydrogens is 484 g/mol. The van der Waals surface area contributed by atoms with Crippen LogP contribution in [-0.4, -0.2) is 34.0 Å². The number of anilines is 2. The van der Waals surface area contributed by atoms with E-state index in [1.165, 1.54) is 0 Å². The van der Waals surface area contributed by atoms with Gasteiger partial charge in [-0.3, -0.25) is 9.59 Å². The molecule has 192 valence electrons. The van der Waals surface area contributed by atoms with E-state index in [2.05, 4.69) is 10.6 Å². The quantitative estimate of drug-likeness (QED) is 0.252. The molecule has 0 aliphatic rings. The first-order valence-electron chi connectivity index (χ1n) is 11.8. The topological polar surface area (TPSA) is 133 Å². The number of aromatic carboxylic acids is 2. The monoisotopic (exact) mass is 510 g/mol. The Morgan fingerprint density at radius 3 is 1.16 bits per heavy atom. The van der Waals surface area contributed by atoms with E-state index >= 15 is 0 Å². The fraction of sp³-hybridized carbons (Fsp3) is 0.133. The number of aryl methyl sites for hydroxylation is 4. The molecule has 0 heterocycles. The maximum atomic E-state index is 13.2. The van der Waals surface area contributed by atoms with E-state index in [9.17, 15) is 29.4 Å². The minimum atomic E-state index is -1.03. The fourth-order valence-corrected chi connectivity index (χ4v) is 4.84. The van der Waals surface area contributed by atoms with Gasteiger partial charge in [-0.05, 0) is 97.1 Å². The number of hydrogen-bond acceptors (Lipinski definition) is 4. The Morgan fingerprint density at radius 2 is 0.868 bits per heavy atom. The van der Waals surface area contributed by atoms with Gasteiger partial charge in [-0.15, -0.1) is 0 Å². The van der Waals surface area contributed by atoms with Crippen LogP contribution in [-0.2, 0) is 0 Å². The summed E-state index contributed by atoms with van der Waals surface area (Å²) in [5.74, 6) is -2.85. The maximum Gasteiger partial charge on any atom is 0.336 e. The number of carbonyl (C=O) groups excluding carboxylic acids is 2. The molecule has 2 amide bonds. The van der Waals surface area contributed by atoms with Crippen LogP contribution in [0.25, 0.3) is 10.8 Å². The number of fused-ring (bicyclic) bond motifs is 1. The minimum Gasteiger partial charge on any atom is -0.478 e. The minimum absolute atomic E-state index is 0.201. The summed E-state index contributed by atoms with van der Waals surface area (Å²) in [6.45, 7) is 6.69. The van der Waals surface area contributed by atoms with E-state index in [0.717, 1.165) is 0 Å². The summed E-state index contributed by atoms with van der Waals surface area (Å²) in [6, 6.07) is 16.6. The molecule has 8 heteroatoms. The summed E-state index contributed by atoms with van der Waals surface area (Å²) in [6.07, 6.45) is 0. The molecule has 0 spiro atoms. The van der Waals surface area contributed by atoms with Crippen molar-refractivity contribution < 1.29 is 29.4 Å². The second-order valence-corrected chi connectivity index (χ2v) is 9.19. The molecule has 4 aromatic carbocycles. The van der Waals surface area contributed by atoms with E-state index in [0.29, 0.717) is 55.5 Å². The second-order valence-electron chi connectivity index (χ2n) is 9.19. The highest BCUT2D eigenvalue weighted by atomic mass is 16.4. The predicted molar refractivity (Wildman–Crippen MR) is 146 cm³/mol. The number of amides is 2. The molecule has 8 nitrogen and oxygen atoms in total. The van der Waals surface area contributed by atoms with Crippen molar-refractivity contribution in [1.82, 2.24) is 0 Å². The van der Waals surface area contributed by atoms with Gasteiger partial charge in [-0.1, -0.05) is 24.3 Å². The third kappa shape index (κ3) is 4.97. The summed E-state index contributed by atoms with van der Waals surface area (Å²) in [5, 5.41) is 25.6. The van der Waals surface area contributed by atoms with Crippen molar-refractivity contribution in [2.75, 3.05) is 10.6 Å². The molecular formula is C30H26N2O6. The van der Waals surface area contributed by atoms with Crippen molar-refractivity contribution in [2.45, 2.75) is 27.7 Å². The maximum absolute atomic E-state index is 13.2. The smallest absolute Gasteiger partial charge is 0.336 e. The molecule has 4 N–H and O–H groups in total. The van der Waals surface area contributed by atoms with E-state index in [1.54, 1.807) is 88.4 Å². The van der Waals surface area contributed by atoms with Crippen LogP contribution < -0.4 is 10.6 Å². The lowest BCUT2D eigenvalue weighted by Crippen LogP contribution is -2.16. The highest BCUT2D eigenvalue weighted by Crippen LogP contribution is 2.27. The number of carboxylic acids is 2. The summed E-state index contributed by atoms with van der Waals surface area (Å²) in [5.41, 5.74) is 4.18. The van der Waals surface area contributed by atoms with Crippen molar-refractivity contribution in [3.8, 4) is 0 Å². The van der Waals surface area contributed by atoms with Gasteiger partial charge in [0.05, 0.1) is 11.1 Å². The molecule has 0 aliphatic heterocycles. The standard InChI is InChI=1S/C30H26N2O6/c1-15-11-19(12-16(2)25(15)29(35)36)31-27(33)23-9-10-24(22-8-6-5-7-21(22)23)28(34)32-20-13-17(3)26(30(37)38)18(4)14-20/h5-14H,1-4H3,(H,31,33)(H,32,34)(H,35,36)(H,37,38). The number of benzene rings is 4. The summed E-state index contributed by atoms with van der Waals surface area (Å²) in [7, 11) is 0. The molecule has 4 rings (SSSR count). The zero-order chi connectivity index (χ0) is 27.7. The van der Waals surface area contributed by atoms with Crippen LogP contribution in [0.4, 0.5) is 11.4 Å². The Bertz CT molecular complexity index is 1490. The average molecular weight is 511 g/mol. The Morgan fingerprint density at radius 1 is 0.553 bits per heavy atom. The first kappa shape index (κ1) is 26.1. The fourth-order valence-electron chi connectivity index (χ4n) is 4.84. The Hall–Kier alpha value is -4.98. The molecule has 0 aromatic heterocycles. The van der Waals surface area contributed by atoms with Crippen LogP contribution in [0.2, 0.25) is 0 Å². The molecule has 0 radical (unpaired) electrons. The molecule has 0 fully saturated rings. The Balaban J connectivity index is 1.66. The van der Waals surface area contributed by atoms with Gasteiger partial charge in [0.25, 0.3) is 11.8 Å². The van der Waals surface area contributed by atoms with Crippen LogP contribution in [0.1, 0.15) is 63.7 Å². The lowest BCUT2D eigenvalue weighted by atomic mass is 9.97. The lowest BCUT2D eigenvalue weighted by molar-refractivity contribution is 0.0684. The van der Waals surface area contributed by atoms with E-state index < -0.39 is 23.8 Å². The van der Waals surface area contributed by atoms with Gasteiger partial charge in [0.2, 0.25) is 0 Å². The normalized spacial score (nSPS) is 10.7. The van der Waals surface area contributed by atoms with Crippen molar-refractivity contribution >= 4 is 45.9 Å². The zero-order valence-electron chi connectivity index (χ0n) is 21.3. The number of hydrogen-bond donors (Lipinski definition) is 4. The molecule has 0 aliphatic carbocycles. The highest BCUT2D eigenvalue weighted by molar-refractivity contribution is 6.19. The first-order chi connectivity index (χ1) is 18.0. The molecule has 4 aromatic rings. The third-order valence-corrected chi connectivity index (χ3v) is 6.42. The average Bonchev–Trinajstić information content (AvgIpc) is 2.81. The number of nitrogens with one attached hydrogen (secondary N) is 2. The van der Waals surface area contributed by atoms with Crippen LogP contribution >= 0.6 is 0 Å². The zero-order valence-corrected chi connectivity index (χ0v) is 21.3. The van der Waals surface area contributed by atoms with Crippen molar-refractivity contribution in [3.63, 3.8) is 0 Å². The molecule has 0 bridgehead atoms. The summed E-state index contributed by atoms with van der Waals surface area (Å²) < 4.78 is 0. The van der Waals surface area contributed by atoms with Gasteiger partial charge in [0.15, 0.2) is 0 Å². The summed E-state index contributed by atoms with van der Waals surface area (Å²) in [4.78, 5) is 49.4. The molecule has 0 saturated carbocycles. The van der Waals surface area contributed by atoms with Gasteiger partial charge in [0, 0.05) is 22.5 Å². The van der Waals surface area contributed by atoms with Crippen LogP contribution in [0.3, 0.4) is 0 Å². The second kappa shape index (κ2) is 10.2. The molecule has 0 atom stereocenters. The van der Waals surface area contributed by atoms with E-state index in [1.807, 2.05) is 0 Å². The van der Waals surface area contributed by atoms with Crippen molar-refractivity contribution in [2.24, 2.45) is 0 Å². The number of rotatable bonds is 6. The van der Waals surface area contributed by atoms with Gasteiger partial charge in [-0.2, -0.15) is 0 Å². The van der Waals surface area contributed by atoms with Gasteiger partial charge in [-0.25, -0.2) is 9.59 Å². The Kier molecular flexibility index (Phi) is 6.99. The first-order valence-corrected chi connectivity index (χ1v) is 11.8. The highest BCUT2D eigenvalue weighted by Gasteiger charge is 2.19. The predicted octanol–water partition coefficient (Wildman–Crippen LogP) is 5.97. The third-order valence-electron chi connectivity index (χ3n) is 6.42. The molecule has 0 saturated heterocycles. The largest absolute Gasteiger partial charge is 0.478 e. The molecule has 0 unspecified atom stereocenters. The SMILES string of the molecule is Cc1cc(NC(=O)c2ccc(C(=O)Nc3cc(C)c(C(=O)O)c(C)c3)c3ccccc23)cc(C)c1C(=O)O. The van der Waals surface area contributed by atoms with Crippen LogP contribution in [0, 0.1) is 27.7 Å². The number of carbonyl (C=O) groups is 4. The van der Waals surface area contributed by atoms with Gasteiger partial charge in [0.1, 0.15) is 0 Å². The van der Waals surface area contributed by atoms with Gasteiger partial charge < -0.3 is 20.8 Å². The van der Waals surface area contributed by atoms with Crippen molar-refractivity contribution in [3.05, 3.63) is 105 Å². The van der Waals surface area contributed by atoms with E-state index in [4.69, 9.17) is 0 Å². The number of carboxylic acid groups (broad SMARTS) is 2. The lowest BCUT2D eigenvalue weighted by Gasteiger charge is -2.14. The summed E-state index contributed by atoms with van der Waals surface area (Å²) >= 11 is 0. The van der Waals surface area contributed by atoms with E-state index in [-0.39, 0.29) is 11.1 Å². The van der Waals surface area contributed by atoms with Crippen LogP contribution in [0.15, 0.2) is 60.7 Å².